The third-order valence-electron chi connectivity index (χ3n) is 3.21. The van der Waals surface area contributed by atoms with Gasteiger partial charge in [-0.2, -0.15) is 0 Å². The van der Waals surface area contributed by atoms with Crippen molar-refractivity contribution in [3.8, 4) is 0 Å². The van der Waals surface area contributed by atoms with Crippen molar-refractivity contribution in [2.24, 2.45) is 5.92 Å². The van der Waals surface area contributed by atoms with E-state index in [4.69, 9.17) is 4.74 Å². The Morgan fingerprint density at radius 2 is 2.00 bits per heavy atom. The molecular formula is C15H23NO2. The largest absolute Gasteiger partial charge is 0.462 e. The molecule has 0 aliphatic carbocycles. The number of esters is 1. The van der Waals surface area contributed by atoms with Gasteiger partial charge in [0.2, 0.25) is 0 Å². The fourth-order valence-corrected chi connectivity index (χ4v) is 1.63. The molecule has 1 rings (SSSR count). The Kier molecular flexibility index (Phi) is 5.20. The molecule has 0 aromatic heterocycles. The fourth-order valence-electron chi connectivity index (χ4n) is 1.63. The minimum Gasteiger partial charge on any atom is -0.462 e. The van der Waals surface area contributed by atoms with E-state index in [2.05, 4.69) is 26.1 Å². The van der Waals surface area contributed by atoms with Crippen LogP contribution in [0.15, 0.2) is 18.2 Å². The Morgan fingerprint density at radius 1 is 1.33 bits per heavy atom. The molecule has 1 aromatic carbocycles. The van der Waals surface area contributed by atoms with Crippen LogP contribution in [-0.2, 0) is 4.74 Å². The minimum absolute atomic E-state index is 0.254. The molecule has 0 spiro atoms. The maximum absolute atomic E-state index is 11.8. The first-order valence-electron chi connectivity index (χ1n) is 6.50. The highest BCUT2D eigenvalue weighted by molar-refractivity contribution is 5.92. The Hall–Kier alpha value is -1.51. The predicted molar refractivity (Wildman–Crippen MR) is 75.1 cm³/mol. The zero-order valence-corrected chi connectivity index (χ0v) is 11.9. The van der Waals surface area contributed by atoms with Crippen molar-refractivity contribution in [3.63, 3.8) is 0 Å². The van der Waals surface area contributed by atoms with Crippen LogP contribution in [-0.4, -0.2) is 18.6 Å². The third-order valence-corrected chi connectivity index (χ3v) is 3.21. The van der Waals surface area contributed by atoms with Gasteiger partial charge in [0.1, 0.15) is 0 Å². The first-order valence-corrected chi connectivity index (χ1v) is 6.50. The van der Waals surface area contributed by atoms with Gasteiger partial charge in [0.05, 0.1) is 12.2 Å². The number of benzene rings is 1. The SMILES string of the molecule is CCOC(=O)c1cccc(NC(C)C(C)C)c1C. The molecule has 0 bridgehead atoms. The molecule has 3 nitrogen and oxygen atoms in total. The van der Waals surface area contributed by atoms with Crippen molar-refractivity contribution in [3.05, 3.63) is 29.3 Å². The zero-order chi connectivity index (χ0) is 13.7. The average Bonchev–Trinajstić information content (AvgIpc) is 2.31. The first kappa shape index (κ1) is 14.6. The lowest BCUT2D eigenvalue weighted by atomic mass is 10.0. The lowest BCUT2D eigenvalue weighted by molar-refractivity contribution is 0.0525. The van der Waals surface area contributed by atoms with Gasteiger partial charge in [0.15, 0.2) is 0 Å². The zero-order valence-electron chi connectivity index (χ0n) is 11.9. The second-order valence-corrected chi connectivity index (χ2v) is 4.88. The highest BCUT2D eigenvalue weighted by Gasteiger charge is 2.14. The Morgan fingerprint density at radius 3 is 2.56 bits per heavy atom. The van der Waals surface area contributed by atoms with Crippen molar-refractivity contribution < 1.29 is 9.53 Å². The normalized spacial score (nSPS) is 12.3. The number of ether oxygens (including phenoxy) is 1. The van der Waals surface area contributed by atoms with Gasteiger partial charge in [-0.25, -0.2) is 4.79 Å². The maximum Gasteiger partial charge on any atom is 0.338 e. The average molecular weight is 249 g/mol. The lowest BCUT2D eigenvalue weighted by Gasteiger charge is -2.21. The van der Waals surface area contributed by atoms with Gasteiger partial charge in [-0.15, -0.1) is 0 Å². The number of nitrogens with one attached hydrogen (secondary N) is 1. The van der Waals surface area contributed by atoms with Crippen molar-refractivity contribution in [1.82, 2.24) is 0 Å². The molecular weight excluding hydrogens is 226 g/mol. The number of hydrogen-bond acceptors (Lipinski definition) is 3. The second kappa shape index (κ2) is 6.43. The summed E-state index contributed by atoms with van der Waals surface area (Å²) in [6, 6.07) is 6.05. The van der Waals surface area contributed by atoms with Gasteiger partial charge in [-0.1, -0.05) is 19.9 Å². The van der Waals surface area contributed by atoms with E-state index in [-0.39, 0.29) is 5.97 Å². The second-order valence-electron chi connectivity index (χ2n) is 4.88. The number of carbonyl (C=O) groups is 1. The molecule has 1 aromatic rings. The molecule has 0 saturated carbocycles. The molecule has 18 heavy (non-hydrogen) atoms. The van der Waals surface area contributed by atoms with Crippen molar-refractivity contribution in [2.75, 3.05) is 11.9 Å². The maximum atomic E-state index is 11.8. The summed E-state index contributed by atoms with van der Waals surface area (Å²) < 4.78 is 5.05. The fraction of sp³-hybridized carbons (Fsp3) is 0.533. The van der Waals surface area contributed by atoms with Gasteiger partial charge in [0, 0.05) is 11.7 Å². The number of rotatable bonds is 5. The summed E-state index contributed by atoms with van der Waals surface area (Å²) in [7, 11) is 0. The molecule has 0 aliphatic heterocycles. The van der Waals surface area contributed by atoms with Crippen LogP contribution in [0.1, 0.15) is 43.6 Å². The van der Waals surface area contributed by atoms with Crippen LogP contribution in [0.25, 0.3) is 0 Å². The van der Waals surface area contributed by atoms with E-state index in [1.807, 2.05) is 26.0 Å². The summed E-state index contributed by atoms with van der Waals surface area (Å²) in [5, 5.41) is 3.44. The predicted octanol–water partition coefficient (Wildman–Crippen LogP) is 3.63. The quantitative estimate of drug-likeness (QED) is 0.810. The Balaban J connectivity index is 2.95. The van der Waals surface area contributed by atoms with Gasteiger partial charge in [-0.05, 0) is 44.4 Å². The van der Waals surface area contributed by atoms with E-state index in [0.29, 0.717) is 24.1 Å². The van der Waals surface area contributed by atoms with E-state index >= 15 is 0 Å². The first-order chi connectivity index (χ1) is 8.47. The van der Waals surface area contributed by atoms with Gasteiger partial charge in [-0.3, -0.25) is 0 Å². The molecule has 100 valence electrons. The summed E-state index contributed by atoms with van der Waals surface area (Å²) in [6.45, 7) is 10.6. The van der Waals surface area contributed by atoms with Crippen LogP contribution in [0.3, 0.4) is 0 Å². The Labute approximate surface area is 110 Å². The highest BCUT2D eigenvalue weighted by Crippen LogP contribution is 2.21. The Bertz CT molecular complexity index is 413. The van der Waals surface area contributed by atoms with E-state index in [1.54, 1.807) is 6.07 Å². The molecule has 0 saturated heterocycles. The topological polar surface area (TPSA) is 38.3 Å². The molecule has 0 fully saturated rings. The summed E-state index contributed by atoms with van der Waals surface area (Å²) in [5.41, 5.74) is 2.59. The van der Waals surface area contributed by atoms with Crippen LogP contribution >= 0.6 is 0 Å². The van der Waals surface area contributed by atoms with Gasteiger partial charge >= 0.3 is 5.97 Å². The molecule has 3 heteroatoms. The summed E-state index contributed by atoms with van der Waals surface area (Å²) in [6.07, 6.45) is 0. The smallest absolute Gasteiger partial charge is 0.338 e. The highest BCUT2D eigenvalue weighted by atomic mass is 16.5. The van der Waals surface area contributed by atoms with E-state index in [1.165, 1.54) is 0 Å². The van der Waals surface area contributed by atoms with Crippen LogP contribution in [0.2, 0.25) is 0 Å². The van der Waals surface area contributed by atoms with Crippen LogP contribution in [0.5, 0.6) is 0 Å². The molecule has 1 N–H and O–H groups in total. The molecule has 0 radical (unpaired) electrons. The van der Waals surface area contributed by atoms with E-state index in [0.717, 1.165) is 11.3 Å². The summed E-state index contributed by atoms with van der Waals surface area (Å²) in [5.74, 6) is 0.284. The summed E-state index contributed by atoms with van der Waals surface area (Å²) in [4.78, 5) is 11.8. The van der Waals surface area contributed by atoms with E-state index in [9.17, 15) is 4.79 Å². The standard InChI is InChI=1S/C15H23NO2/c1-6-18-15(17)13-8-7-9-14(11(13)4)16-12(5)10(2)3/h7-10,12,16H,6H2,1-5H3. The van der Waals surface area contributed by atoms with Gasteiger partial charge in [0.25, 0.3) is 0 Å². The van der Waals surface area contributed by atoms with Crippen LogP contribution in [0.4, 0.5) is 5.69 Å². The van der Waals surface area contributed by atoms with Crippen LogP contribution in [0, 0.1) is 12.8 Å². The van der Waals surface area contributed by atoms with Gasteiger partial charge < -0.3 is 10.1 Å². The lowest BCUT2D eigenvalue weighted by Crippen LogP contribution is -2.22. The van der Waals surface area contributed by atoms with Crippen LogP contribution < -0.4 is 5.32 Å². The molecule has 0 amide bonds. The summed E-state index contributed by atoms with van der Waals surface area (Å²) >= 11 is 0. The number of hydrogen-bond donors (Lipinski definition) is 1. The van der Waals surface area contributed by atoms with Crippen molar-refractivity contribution in [1.29, 1.82) is 0 Å². The van der Waals surface area contributed by atoms with Crippen molar-refractivity contribution in [2.45, 2.75) is 40.7 Å². The molecule has 0 heterocycles. The minimum atomic E-state index is -0.254. The number of anilines is 1. The molecule has 0 aliphatic rings. The third kappa shape index (κ3) is 3.49. The van der Waals surface area contributed by atoms with Crippen molar-refractivity contribution >= 4 is 11.7 Å². The number of carbonyl (C=O) groups excluding carboxylic acids is 1. The van der Waals surface area contributed by atoms with E-state index < -0.39 is 0 Å². The molecule has 1 atom stereocenters. The monoisotopic (exact) mass is 249 g/mol. The molecule has 1 unspecified atom stereocenters.